The molecule has 4 heteroatoms. The molecule has 0 saturated carbocycles. The van der Waals surface area contributed by atoms with E-state index in [0.717, 1.165) is 13.0 Å². The second-order valence-corrected chi connectivity index (χ2v) is 5.33. The number of nitrogens with one attached hydrogen (secondary N) is 1. The Labute approximate surface area is 98.6 Å². The van der Waals surface area contributed by atoms with Gasteiger partial charge < -0.3 is 16.0 Å². The topological polar surface area (TPSA) is 58.4 Å². The van der Waals surface area contributed by atoms with Gasteiger partial charge in [-0.2, -0.15) is 0 Å². The number of amides is 1. The molecule has 0 bridgehead atoms. The number of likely N-dealkylation sites (tertiary alicyclic amines) is 1. The lowest BCUT2D eigenvalue weighted by Gasteiger charge is -2.33. The Morgan fingerprint density at radius 2 is 2.19 bits per heavy atom. The minimum Gasteiger partial charge on any atom is -0.368 e. The van der Waals surface area contributed by atoms with E-state index in [2.05, 4.69) is 17.3 Å². The first kappa shape index (κ1) is 13.5. The Bertz CT molecular complexity index is 240. The molecule has 3 N–H and O–H groups in total. The molecule has 16 heavy (non-hydrogen) atoms. The normalized spacial score (nSPS) is 23.3. The van der Waals surface area contributed by atoms with Crippen LogP contribution in [-0.4, -0.2) is 42.5 Å². The average molecular weight is 227 g/mol. The molecule has 94 valence electrons. The first-order valence-corrected chi connectivity index (χ1v) is 6.18. The Morgan fingerprint density at radius 3 is 2.75 bits per heavy atom. The van der Waals surface area contributed by atoms with E-state index in [4.69, 9.17) is 5.73 Å². The van der Waals surface area contributed by atoms with Crippen LogP contribution >= 0.6 is 0 Å². The molecule has 0 radical (unpaired) electrons. The summed E-state index contributed by atoms with van der Waals surface area (Å²) in [5, 5.41) is 3.23. The van der Waals surface area contributed by atoms with Crippen LogP contribution in [-0.2, 0) is 4.79 Å². The first-order chi connectivity index (χ1) is 7.43. The van der Waals surface area contributed by atoms with Crippen molar-refractivity contribution in [1.29, 1.82) is 0 Å². The van der Waals surface area contributed by atoms with Crippen molar-refractivity contribution in [3.63, 3.8) is 0 Å². The number of hydrogen-bond acceptors (Lipinski definition) is 3. The van der Waals surface area contributed by atoms with Crippen molar-refractivity contribution in [2.75, 3.05) is 20.1 Å². The Balaban J connectivity index is 2.26. The van der Waals surface area contributed by atoms with E-state index in [1.807, 2.05) is 13.8 Å². The molecule has 0 aromatic rings. The highest BCUT2D eigenvalue weighted by atomic mass is 16.1. The van der Waals surface area contributed by atoms with Crippen molar-refractivity contribution >= 4 is 5.91 Å². The second-order valence-electron chi connectivity index (χ2n) is 5.33. The number of carbonyl (C=O) groups excluding carboxylic acids is 1. The Morgan fingerprint density at radius 1 is 1.50 bits per heavy atom. The predicted octanol–water partition coefficient (Wildman–Crippen LogP) is 0.714. The lowest BCUT2D eigenvalue weighted by Crippen LogP contribution is -2.51. The standard InChI is InChI=1S/C12H25N3O/c1-12(2,11(13)16)14-8-7-10-6-4-5-9-15(10)3/h10,14H,4-9H2,1-3H3,(H2,13,16). The third-order valence-corrected chi connectivity index (χ3v) is 3.58. The monoisotopic (exact) mass is 227 g/mol. The molecular weight excluding hydrogens is 202 g/mol. The van der Waals surface area contributed by atoms with Crippen LogP contribution in [0.25, 0.3) is 0 Å². The van der Waals surface area contributed by atoms with Crippen LogP contribution in [0.1, 0.15) is 39.5 Å². The first-order valence-electron chi connectivity index (χ1n) is 6.18. The largest absolute Gasteiger partial charge is 0.368 e. The van der Waals surface area contributed by atoms with Gasteiger partial charge in [0.1, 0.15) is 0 Å². The number of nitrogens with two attached hydrogens (primary N) is 1. The predicted molar refractivity (Wildman–Crippen MR) is 66.2 cm³/mol. The van der Waals surface area contributed by atoms with Crippen LogP contribution in [0.15, 0.2) is 0 Å². The molecule has 0 aliphatic carbocycles. The van der Waals surface area contributed by atoms with E-state index in [1.165, 1.54) is 25.8 Å². The van der Waals surface area contributed by atoms with Crippen LogP contribution in [0.4, 0.5) is 0 Å². The molecule has 0 spiro atoms. The van der Waals surface area contributed by atoms with E-state index < -0.39 is 5.54 Å². The average Bonchev–Trinajstić information content (AvgIpc) is 2.20. The summed E-state index contributed by atoms with van der Waals surface area (Å²) >= 11 is 0. The van der Waals surface area contributed by atoms with Crippen molar-refractivity contribution in [2.45, 2.75) is 51.1 Å². The number of primary amides is 1. The van der Waals surface area contributed by atoms with E-state index in [0.29, 0.717) is 6.04 Å². The van der Waals surface area contributed by atoms with Gasteiger partial charge in [-0.05, 0) is 53.2 Å². The van der Waals surface area contributed by atoms with Crippen molar-refractivity contribution in [3.8, 4) is 0 Å². The summed E-state index contributed by atoms with van der Waals surface area (Å²) in [6, 6.07) is 0.657. The zero-order chi connectivity index (χ0) is 12.2. The van der Waals surface area contributed by atoms with Gasteiger partial charge in [-0.15, -0.1) is 0 Å². The molecule has 1 saturated heterocycles. The fourth-order valence-electron chi connectivity index (χ4n) is 2.15. The van der Waals surface area contributed by atoms with Gasteiger partial charge in [0.05, 0.1) is 5.54 Å². The Kier molecular flexibility index (Phi) is 4.74. The summed E-state index contributed by atoms with van der Waals surface area (Å²) in [6.07, 6.45) is 5.00. The maximum atomic E-state index is 11.1. The van der Waals surface area contributed by atoms with E-state index >= 15 is 0 Å². The van der Waals surface area contributed by atoms with Crippen molar-refractivity contribution in [2.24, 2.45) is 5.73 Å². The summed E-state index contributed by atoms with van der Waals surface area (Å²) in [5.74, 6) is -0.288. The summed E-state index contributed by atoms with van der Waals surface area (Å²) in [5.41, 5.74) is 4.71. The van der Waals surface area contributed by atoms with Gasteiger partial charge in [-0.1, -0.05) is 6.42 Å². The molecule has 1 unspecified atom stereocenters. The number of rotatable bonds is 5. The lowest BCUT2D eigenvalue weighted by molar-refractivity contribution is -0.123. The third kappa shape index (κ3) is 3.76. The molecule has 1 amide bonds. The molecule has 1 aliphatic rings. The minimum absolute atomic E-state index is 0.288. The van der Waals surface area contributed by atoms with E-state index in [-0.39, 0.29) is 5.91 Å². The molecule has 0 aromatic carbocycles. The molecule has 1 heterocycles. The van der Waals surface area contributed by atoms with Gasteiger partial charge in [-0.25, -0.2) is 0 Å². The molecule has 1 rings (SSSR count). The maximum Gasteiger partial charge on any atom is 0.237 e. The minimum atomic E-state index is -0.590. The van der Waals surface area contributed by atoms with Crippen LogP contribution in [0.2, 0.25) is 0 Å². The number of carbonyl (C=O) groups is 1. The van der Waals surface area contributed by atoms with E-state index in [9.17, 15) is 4.79 Å². The lowest BCUT2D eigenvalue weighted by atomic mass is 9.99. The van der Waals surface area contributed by atoms with Gasteiger partial charge in [-0.3, -0.25) is 4.79 Å². The highest BCUT2D eigenvalue weighted by molar-refractivity contribution is 5.83. The second kappa shape index (κ2) is 5.64. The van der Waals surface area contributed by atoms with Crippen molar-refractivity contribution < 1.29 is 4.79 Å². The molecule has 1 atom stereocenters. The number of hydrogen-bond donors (Lipinski definition) is 2. The smallest absolute Gasteiger partial charge is 0.237 e. The zero-order valence-corrected chi connectivity index (χ0v) is 10.8. The van der Waals surface area contributed by atoms with Gasteiger partial charge in [0.2, 0.25) is 5.91 Å². The van der Waals surface area contributed by atoms with Crippen LogP contribution in [0.3, 0.4) is 0 Å². The van der Waals surface area contributed by atoms with Crippen molar-refractivity contribution in [3.05, 3.63) is 0 Å². The quantitative estimate of drug-likeness (QED) is 0.727. The van der Waals surface area contributed by atoms with Crippen LogP contribution in [0.5, 0.6) is 0 Å². The van der Waals surface area contributed by atoms with Gasteiger partial charge in [0.25, 0.3) is 0 Å². The molecule has 1 fully saturated rings. The van der Waals surface area contributed by atoms with Gasteiger partial charge in [0, 0.05) is 6.04 Å². The highest BCUT2D eigenvalue weighted by Gasteiger charge is 2.25. The fourth-order valence-corrected chi connectivity index (χ4v) is 2.15. The summed E-state index contributed by atoms with van der Waals surface area (Å²) in [7, 11) is 2.18. The number of nitrogens with zero attached hydrogens (tertiary/aromatic N) is 1. The van der Waals surface area contributed by atoms with Crippen LogP contribution < -0.4 is 11.1 Å². The summed E-state index contributed by atoms with van der Waals surface area (Å²) in [6.45, 7) is 5.72. The third-order valence-electron chi connectivity index (χ3n) is 3.58. The fraction of sp³-hybridized carbons (Fsp3) is 0.917. The summed E-state index contributed by atoms with van der Waals surface area (Å²) < 4.78 is 0. The molecule has 0 aromatic heterocycles. The SMILES string of the molecule is CN1CCCCC1CCNC(C)(C)C(N)=O. The zero-order valence-electron chi connectivity index (χ0n) is 10.8. The maximum absolute atomic E-state index is 11.1. The Hall–Kier alpha value is -0.610. The molecule has 4 nitrogen and oxygen atoms in total. The molecule has 1 aliphatic heterocycles. The number of piperidine rings is 1. The highest BCUT2D eigenvalue weighted by Crippen LogP contribution is 2.17. The summed E-state index contributed by atoms with van der Waals surface area (Å²) in [4.78, 5) is 13.5. The van der Waals surface area contributed by atoms with Crippen molar-refractivity contribution in [1.82, 2.24) is 10.2 Å². The molecular formula is C12H25N3O. The van der Waals surface area contributed by atoms with E-state index in [1.54, 1.807) is 0 Å². The van der Waals surface area contributed by atoms with Gasteiger partial charge in [0.15, 0.2) is 0 Å². The van der Waals surface area contributed by atoms with Crippen LogP contribution in [0, 0.1) is 0 Å². The van der Waals surface area contributed by atoms with Gasteiger partial charge >= 0.3 is 0 Å².